The number of rotatable bonds is 6. The number of carbonyl (C=O) groups is 1. The van der Waals surface area contributed by atoms with Crippen molar-refractivity contribution in [2.45, 2.75) is 30.5 Å². The van der Waals surface area contributed by atoms with Crippen molar-refractivity contribution in [1.82, 2.24) is 0 Å². The maximum Gasteiger partial charge on any atom is 0.305 e. The standard InChI is InChI=1S/C8H14Br2O2/c1-12-8(11)5-3-2-4-7(10)6-9/h7H,2-6H2,1H3. The van der Waals surface area contributed by atoms with Crippen LogP contribution in [0.3, 0.4) is 0 Å². The quantitative estimate of drug-likeness (QED) is 0.428. The van der Waals surface area contributed by atoms with Crippen LogP contribution in [0.4, 0.5) is 0 Å². The average Bonchev–Trinajstić information content (AvgIpc) is 2.11. The van der Waals surface area contributed by atoms with Gasteiger partial charge in [-0.2, -0.15) is 0 Å². The number of unbranched alkanes of at least 4 members (excludes halogenated alkanes) is 1. The number of hydrogen-bond donors (Lipinski definition) is 0. The van der Waals surface area contributed by atoms with Gasteiger partial charge >= 0.3 is 5.97 Å². The Morgan fingerprint density at radius 2 is 2.17 bits per heavy atom. The Morgan fingerprint density at radius 3 is 2.67 bits per heavy atom. The van der Waals surface area contributed by atoms with Crippen LogP contribution >= 0.6 is 31.9 Å². The number of ether oxygens (including phenoxy) is 1. The first-order chi connectivity index (χ1) is 5.70. The zero-order chi connectivity index (χ0) is 9.40. The van der Waals surface area contributed by atoms with Gasteiger partial charge in [0.05, 0.1) is 7.11 Å². The van der Waals surface area contributed by atoms with Gasteiger partial charge in [-0.25, -0.2) is 0 Å². The Bertz CT molecular complexity index is 128. The highest BCUT2D eigenvalue weighted by Crippen LogP contribution is 2.13. The van der Waals surface area contributed by atoms with Gasteiger partial charge in [0.25, 0.3) is 0 Å². The highest BCUT2D eigenvalue weighted by Gasteiger charge is 2.03. The Balaban J connectivity index is 3.15. The summed E-state index contributed by atoms with van der Waals surface area (Å²) in [6, 6.07) is 0. The molecule has 0 N–H and O–H groups in total. The van der Waals surface area contributed by atoms with Crippen LogP contribution in [0.5, 0.6) is 0 Å². The summed E-state index contributed by atoms with van der Waals surface area (Å²) < 4.78 is 4.52. The van der Waals surface area contributed by atoms with Crippen molar-refractivity contribution in [1.29, 1.82) is 0 Å². The molecular formula is C8H14Br2O2. The minimum atomic E-state index is -0.111. The predicted molar refractivity (Wildman–Crippen MR) is 57.0 cm³/mol. The molecule has 0 rings (SSSR count). The number of carbonyl (C=O) groups excluding carboxylic acids is 1. The predicted octanol–water partition coefficient (Wildman–Crippen LogP) is 2.88. The molecular weight excluding hydrogens is 288 g/mol. The Kier molecular flexibility index (Phi) is 8.34. The fraction of sp³-hybridized carbons (Fsp3) is 0.875. The Morgan fingerprint density at radius 1 is 1.50 bits per heavy atom. The molecule has 0 aromatic rings. The van der Waals surface area contributed by atoms with E-state index in [-0.39, 0.29) is 5.97 Å². The summed E-state index contributed by atoms with van der Waals surface area (Å²) in [4.78, 5) is 11.2. The molecule has 0 aromatic carbocycles. The highest BCUT2D eigenvalue weighted by molar-refractivity contribution is 9.12. The topological polar surface area (TPSA) is 26.3 Å². The lowest BCUT2D eigenvalue weighted by molar-refractivity contribution is -0.140. The zero-order valence-electron chi connectivity index (χ0n) is 7.19. The lowest BCUT2D eigenvalue weighted by Gasteiger charge is -2.04. The van der Waals surface area contributed by atoms with Crippen LogP contribution < -0.4 is 0 Å². The van der Waals surface area contributed by atoms with Gasteiger partial charge in [-0.05, 0) is 12.8 Å². The van der Waals surface area contributed by atoms with Crippen LogP contribution in [0, 0.1) is 0 Å². The number of halogens is 2. The van der Waals surface area contributed by atoms with E-state index in [9.17, 15) is 4.79 Å². The molecule has 2 nitrogen and oxygen atoms in total. The highest BCUT2D eigenvalue weighted by atomic mass is 79.9. The van der Waals surface area contributed by atoms with Gasteiger partial charge in [0.1, 0.15) is 0 Å². The first-order valence-corrected chi connectivity index (χ1v) is 6.01. The number of hydrogen-bond acceptors (Lipinski definition) is 2. The van der Waals surface area contributed by atoms with E-state index in [1.54, 1.807) is 0 Å². The van der Waals surface area contributed by atoms with Crippen molar-refractivity contribution in [3.8, 4) is 0 Å². The average molecular weight is 302 g/mol. The van der Waals surface area contributed by atoms with Crippen LogP contribution in [-0.2, 0) is 9.53 Å². The molecule has 0 heterocycles. The van der Waals surface area contributed by atoms with Crippen LogP contribution in [0.2, 0.25) is 0 Å². The van der Waals surface area contributed by atoms with Gasteiger partial charge in [0.15, 0.2) is 0 Å². The molecule has 0 spiro atoms. The van der Waals surface area contributed by atoms with Crippen LogP contribution in [-0.4, -0.2) is 23.2 Å². The van der Waals surface area contributed by atoms with E-state index in [0.29, 0.717) is 11.2 Å². The third-order valence-corrected chi connectivity index (χ3v) is 3.98. The normalized spacial score (nSPS) is 12.6. The maximum absolute atomic E-state index is 10.7. The molecule has 0 aromatic heterocycles. The van der Waals surface area contributed by atoms with Crippen molar-refractivity contribution < 1.29 is 9.53 Å². The molecule has 0 amide bonds. The van der Waals surface area contributed by atoms with Crippen molar-refractivity contribution in [3.63, 3.8) is 0 Å². The lowest BCUT2D eigenvalue weighted by Crippen LogP contribution is -2.02. The number of methoxy groups -OCH3 is 1. The summed E-state index contributed by atoms with van der Waals surface area (Å²) in [5.74, 6) is -0.111. The van der Waals surface area contributed by atoms with Crippen molar-refractivity contribution in [2.24, 2.45) is 0 Å². The molecule has 1 unspecified atom stereocenters. The summed E-state index contributed by atoms with van der Waals surface area (Å²) >= 11 is 6.87. The fourth-order valence-corrected chi connectivity index (χ4v) is 1.46. The summed E-state index contributed by atoms with van der Waals surface area (Å²) in [7, 11) is 1.42. The van der Waals surface area contributed by atoms with E-state index in [4.69, 9.17) is 0 Å². The van der Waals surface area contributed by atoms with Gasteiger partial charge in [-0.15, -0.1) is 0 Å². The second-order valence-corrected chi connectivity index (χ2v) is 4.52. The van der Waals surface area contributed by atoms with E-state index >= 15 is 0 Å². The van der Waals surface area contributed by atoms with Gasteiger partial charge in [-0.3, -0.25) is 4.79 Å². The van der Waals surface area contributed by atoms with E-state index in [2.05, 4.69) is 36.6 Å². The molecule has 0 saturated heterocycles. The van der Waals surface area contributed by atoms with Gasteiger partial charge < -0.3 is 4.74 Å². The summed E-state index contributed by atoms with van der Waals surface area (Å²) in [6.45, 7) is 0. The lowest BCUT2D eigenvalue weighted by atomic mass is 10.1. The second-order valence-electron chi connectivity index (χ2n) is 2.57. The molecule has 0 fully saturated rings. The Labute approximate surface area is 90.3 Å². The molecule has 1 atom stereocenters. The third kappa shape index (κ3) is 7.10. The van der Waals surface area contributed by atoms with E-state index in [0.717, 1.165) is 24.6 Å². The van der Waals surface area contributed by atoms with Crippen LogP contribution in [0.1, 0.15) is 25.7 Å². The molecule has 4 heteroatoms. The molecule has 12 heavy (non-hydrogen) atoms. The summed E-state index contributed by atoms with van der Waals surface area (Å²) in [5, 5.41) is 0.964. The molecule has 72 valence electrons. The molecule has 0 radical (unpaired) electrons. The Hall–Kier alpha value is 0.430. The molecule has 0 aliphatic rings. The smallest absolute Gasteiger partial charge is 0.305 e. The minimum Gasteiger partial charge on any atom is -0.469 e. The molecule has 0 aliphatic carbocycles. The van der Waals surface area contributed by atoms with Gasteiger partial charge in [-0.1, -0.05) is 38.3 Å². The number of alkyl halides is 2. The van der Waals surface area contributed by atoms with Crippen molar-refractivity contribution in [2.75, 3.05) is 12.4 Å². The zero-order valence-corrected chi connectivity index (χ0v) is 10.4. The monoisotopic (exact) mass is 300 g/mol. The SMILES string of the molecule is COC(=O)CCCCC(Br)CBr. The summed E-state index contributed by atoms with van der Waals surface area (Å²) in [6.07, 6.45) is 3.62. The van der Waals surface area contributed by atoms with E-state index < -0.39 is 0 Å². The van der Waals surface area contributed by atoms with E-state index in [1.807, 2.05) is 0 Å². The largest absolute Gasteiger partial charge is 0.469 e. The molecule has 0 saturated carbocycles. The van der Waals surface area contributed by atoms with Crippen molar-refractivity contribution in [3.05, 3.63) is 0 Å². The maximum atomic E-state index is 10.7. The van der Waals surface area contributed by atoms with Gasteiger partial charge in [0, 0.05) is 16.6 Å². The minimum absolute atomic E-state index is 0.111. The van der Waals surface area contributed by atoms with Crippen LogP contribution in [0.15, 0.2) is 0 Å². The summed E-state index contributed by atoms with van der Waals surface area (Å²) in [5.41, 5.74) is 0. The van der Waals surface area contributed by atoms with E-state index in [1.165, 1.54) is 7.11 Å². The molecule has 0 bridgehead atoms. The first kappa shape index (κ1) is 12.4. The van der Waals surface area contributed by atoms with Crippen LogP contribution in [0.25, 0.3) is 0 Å². The first-order valence-electron chi connectivity index (χ1n) is 3.97. The number of esters is 1. The van der Waals surface area contributed by atoms with Gasteiger partial charge in [0.2, 0.25) is 0 Å². The van der Waals surface area contributed by atoms with Crippen molar-refractivity contribution >= 4 is 37.8 Å². The fourth-order valence-electron chi connectivity index (χ4n) is 0.814. The second kappa shape index (κ2) is 8.05. The third-order valence-electron chi connectivity index (χ3n) is 1.54. The molecule has 0 aliphatic heterocycles.